The van der Waals surface area contributed by atoms with Crippen molar-refractivity contribution in [3.63, 3.8) is 0 Å². The van der Waals surface area contributed by atoms with Crippen molar-refractivity contribution in [3.8, 4) is 17.7 Å². The van der Waals surface area contributed by atoms with E-state index in [1.165, 1.54) is 0 Å². The second kappa shape index (κ2) is 4.27. The number of ether oxygens (including phenoxy) is 1. The van der Waals surface area contributed by atoms with Crippen LogP contribution in [-0.4, -0.2) is 20.2 Å². The molecule has 0 saturated carbocycles. The lowest BCUT2D eigenvalue weighted by Gasteiger charge is -2.06. The minimum atomic E-state index is 0.0863. The van der Waals surface area contributed by atoms with Gasteiger partial charge in [-0.05, 0) is 18.2 Å². The van der Waals surface area contributed by atoms with Gasteiger partial charge in [0.1, 0.15) is 11.1 Å². The Bertz CT molecular complexity index is 788. The fourth-order valence-corrected chi connectivity index (χ4v) is 1.64. The number of H-pyrrole nitrogens is 1. The topological polar surface area (TPSA) is 113 Å². The van der Waals surface area contributed by atoms with E-state index in [4.69, 9.17) is 15.7 Å². The van der Waals surface area contributed by atoms with Crippen LogP contribution in [0.4, 0.5) is 5.95 Å². The van der Waals surface area contributed by atoms with E-state index in [0.29, 0.717) is 28.2 Å². The van der Waals surface area contributed by atoms with Crippen molar-refractivity contribution in [2.24, 2.45) is 0 Å². The van der Waals surface area contributed by atoms with Crippen LogP contribution >= 0.6 is 0 Å². The molecule has 3 N–H and O–H groups in total. The van der Waals surface area contributed by atoms with Gasteiger partial charge in [-0.2, -0.15) is 20.3 Å². The number of fused-ring (bicyclic) bond motifs is 1. The number of rotatable bonds is 2. The van der Waals surface area contributed by atoms with Crippen molar-refractivity contribution in [2.75, 3.05) is 5.73 Å². The molecule has 2 heterocycles. The fourth-order valence-electron chi connectivity index (χ4n) is 1.64. The van der Waals surface area contributed by atoms with Crippen molar-refractivity contribution >= 4 is 17.0 Å². The average Bonchev–Trinajstić information content (AvgIpc) is 2.87. The van der Waals surface area contributed by atoms with E-state index in [1.807, 2.05) is 6.07 Å². The van der Waals surface area contributed by atoms with Gasteiger partial charge in [0.25, 0.3) is 0 Å². The highest BCUT2D eigenvalue weighted by Crippen LogP contribution is 2.27. The van der Waals surface area contributed by atoms with Gasteiger partial charge in [-0.15, -0.1) is 0 Å². The molecule has 1 aromatic carbocycles. The Balaban J connectivity index is 2.05. The van der Waals surface area contributed by atoms with Crippen LogP contribution < -0.4 is 10.5 Å². The Hall–Kier alpha value is -3.14. The number of nitriles is 1. The second-order valence-electron chi connectivity index (χ2n) is 3.76. The highest BCUT2D eigenvalue weighted by Gasteiger charge is 2.10. The molecule has 0 amide bonds. The number of aromatic nitrogens is 4. The first-order chi connectivity index (χ1) is 9.26. The molecule has 0 saturated heterocycles. The quantitative estimate of drug-likeness (QED) is 0.716. The normalized spacial score (nSPS) is 10.3. The smallest absolute Gasteiger partial charge is 0.235 e. The summed E-state index contributed by atoms with van der Waals surface area (Å²) in [4.78, 5) is 8.01. The number of nitrogen functional groups attached to an aromatic ring is 1. The molecule has 3 rings (SSSR count). The summed E-state index contributed by atoms with van der Waals surface area (Å²) in [5.74, 6) is 0.883. The van der Waals surface area contributed by atoms with E-state index in [9.17, 15) is 0 Å². The number of aromatic amines is 1. The summed E-state index contributed by atoms with van der Waals surface area (Å²) in [7, 11) is 0. The predicted octanol–water partition coefficient (Wildman–Crippen LogP) is 1.60. The molecule has 0 aliphatic carbocycles. The summed E-state index contributed by atoms with van der Waals surface area (Å²) >= 11 is 0. The van der Waals surface area contributed by atoms with Crippen LogP contribution in [0.1, 0.15) is 5.56 Å². The number of nitrogens with zero attached hydrogens (tertiary/aromatic N) is 4. The van der Waals surface area contributed by atoms with Crippen molar-refractivity contribution in [3.05, 3.63) is 36.0 Å². The Morgan fingerprint density at radius 3 is 3.05 bits per heavy atom. The summed E-state index contributed by atoms with van der Waals surface area (Å²) in [6, 6.07) is 8.80. The van der Waals surface area contributed by atoms with Gasteiger partial charge in [0, 0.05) is 0 Å². The summed E-state index contributed by atoms with van der Waals surface area (Å²) in [6.45, 7) is 0. The zero-order chi connectivity index (χ0) is 13.2. The lowest BCUT2D eigenvalue weighted by molar-refractivity contribution is 0.469. The third-order valence-electron chi connectivity index (χ3n) is 2.47. The van der Waals surface area contributed by atoms with Crippen LogP contribution in [0, 0.1) is 11.3 Å². The van der Waals surface area contributed by atoms with E-state index in [1.54, 1.807) is 30.5 Å². The Morgan fingerprint density at radius 1 is 1.32 bits per heavy atom. The van der Waals surface area contributed by atoms with Crippen LogP contribution in [0.15, 0.2) is 30.5 Å². The van der Waals surface area contributed by atoms with E-state index < -0.39 is 0 Å². The molecule has 3 aromatic rings. The third kappa shape index (κ3) is 2.02. The van der Waals surface area contributed by atoms with Crippen LogP contribution in [0.25, 0.3) is 11.0 Å². The van der Waals surface area contributed by atoms with Gasteiger partial charge in [-0.3, -0.25) is 5.10 Å². The fraction of sp³-hybridized carbons (Fsp3) is 0. The molecule has 0 radical (unpaired) electrons. The molecular weight excluding hydrogens is 244 g/mol. The van der Waals surface area contributed by atoms with Crippen LogP contribution in [0.2, 0.25) is 0 Å². The molecule has 7 nitrogen and oxygen atoms in total. The molecule has 0 aliphatic rings. The maximum Gasteiger partial charge on any atom is 0.235 e. The summed E-state index contributed by atoms with van der Waals surface area (Å²) < 4.78 is 5.63. The molecule has 0 spiro atoms. The largest absolute Gasteiger partial charge is 0.438 e. The first kappa shape index (κ1) is 11.0. The van der Waals surface area contributed by atoms with Crippen LogP contribution in [-0.2, 0) is 0 Å². The van der Waals surface area contributed by atoms with E-state index in [-0.39, 0.29) is 5.95 Å². The van der Waals surface area contributed by atoms with E-state index in [2.05, 4.69) is 20.2 Å². The van der Waals surface area contributed by atoms with Crippen LogP contribution in [0.5, 0.6) is 11.6 Å². The number of nitrogens with two attached hydrogens (primary N) is 1. The van der Waals surface area contributed by atoms with Gasteiger partial charge >= 0.3 is 0 Å². The van der Waals surface area contributed by atoms with E-state index in [0.717, 1.165) is 0 Å². The first-order valence-corrected chi connectivity index (χ1v) is 5.41. The number of benzene rings is 1. The lowest BCUT2D eigenvalue weighted by Crippen LogP contribution is -1.98. The van der Waals surface area contributed by atoms with Crippen molar-refractivity contribution in [1.82, 2.24) is 20.2 Å². The van der Waals surface area contributed by atoms with Gasteiger partial charge in [-0.25, -0.2) is 0 Å². The molecule has 92 valence electrons. The third-order valence-corrected chi connectivity index (χ3v) is 2.47. The molecule has 2 aromatic heterocycles. The summed E-state index contributed by atoms with van der Waals surface area (Å²) in [5, 5.41) is 16.0. The van der Waals surface area contributed by atoms with Crippen LogP contribution in [0.3, 0.4) is 0 Å². The lowest BCUT2D eigenvalue weighted by atomic mass is 10.2. The monoisotopic (exact) mass is 252 g/mol. The van der Waals surface area contributed by atoms with Gasteiger partial charge in [0.2, 0.25) is 11.8 Å². The van der Waals surface area contributed by atoms with Gasteiger partial charge in [-0.1, -0.05) is 6.07 Å². The number of hydrogen-bond donors (Lipinski definition) is 2. The Labute approximate surface area is 107 Å². The molecular formula is C12H8N6O. The van der Waals surface area contributed by atoms with Crippen molar-refractivity contribution < 1.29 is 4.74 Å². The SMILES string of the molecule is N#Cc1cccc(Oc2nc(N)nc3[nH]ncc23)c1. The second-order valence-corrected chi connectivity index (χ2v) is 3.76. The minimum Gasteiger partial charge on any atom is -0.438 e. The maximum absolute atomic E-state index is 8.84. The first-order valence-electron chi connectivity index (χ1n) is 5.41. The predicted molar refractivity (Wildman–Crippen MR) is 67.3 cm³/mol. The molecule has 7 heteroatoms. The van der Waals surface area contributed by atoms with Crippen molar-refractivity contribution in [2.45, 2.75) is 0 Å². The zero-order valence-corrected chi connectivity index (χ0v) is 9.66. The zero-order valence-electron chi connectivity index (χ0n) is 9.66. The Kier molecular flexibility index (Phi) is 2.47. The minimum absolute atomic E-state index is 0.0863. The highest BCUT2D eigenvalue weighted by atomic mass is 16.5. The average molecular weight is 252 g/mol. The van der Waals surface area contributed by atoms with Gasteiger partial charge in [0.05, 0.1) is 17.8 Å². The molecule has 0 bridgehead atoms. The molecule has 19 heavy (non-hydrogen) atoms. The number of nitrogens with one attached hydrogen (secondary N) is 1. The van der Waals surface area contributed by atoms with Crippen molar-refractivity contribution in [1.29, 1.82) is 5.26 Å². The van der Waals surface area contributed by atoms with Gasteiger partial charge < -0.3 is 10.5 Å². The molecule has 0 fully saturated rings. The van der Waals surface area contributed by atoms with Gasteiger partial charge in [0.15, 0.2) is 5.65 Å². The molecule has 0 atom stereocenters. The summed E-state index contributed by atoms with van der Waals surface area (Å²) in [6.07, 6.45) is 1.55. The molecule has 0 unspecified atom stereocenters. The number of anilines is 1. The standard InChI is InChI=1S/C12H8N6O/c13-5-7-2-1-3-8(4-7)19-11-9-6-15-18-10(9)16-12(14)17-11/h1-4,6H,(H3,14,15,16,17,18). The maximum atomic E-state index is 8.84. The Morgan fingerprint density at radius 2 is 2.21 bits per heavy atom. The highest BCUT2D eigenvalue weighted by molar-refractivity contribution is 5.80. The number of hydrogen-bond acceptors (Lipinski definition) is 6. The summed E-state index contributed by atoms with van der Waals surface area (Å²) in [5.41, 5.74) is 6.59. The molecule has 0 aliphatic heterocycles. The van der Waals surface area contributed by atoms with E-state index >= 15 is 0 Å².